The lowest BCUT2D eigenvalue weighted by Crippen LogP contribution is -1.47. The second kappa shape index (κ2) is 12.4. The summed E-state index contributed by atoms with van der Waals surface area (Å²) >= 11 is 0. The fraction of sp³-hybridized carbons (Fsp3) is 0.818. The van der Waals surface area contributed by atoms with E-state index in [2.05, 4.69) is 34.3 Å². The summed E-state index contributed by atoms with van der Waals surface area (Å²) in [6, 6.07) is 0. The summed E-state index contributed by atoms with van der Waals surface area (Å²) in [4.78, 5) is 0. The van der Waals surface area contributed by atoms with Gasteiger partial charge in [-0.15, -0.1) is 0 Å². The Balaban J connectivity index is 0. The fourth-order valence-electron chi connectivity index (χ4n) is 0.0884. The third-order valence-electron chi connectivity index (χ3n) is 1.10. The van der Waals surface area contributed by atoms with Crippen LogP contribution < -0.4 is 0 Å². The maximum absolute atomic E-state index is 3.67. The number of hydrogen-bond acceptors (Lipinski definition) is 0. The molecule has 11 heavy (non-hydrogen) atoms. The van der Waals surface area contributed by atoms with Crippen molar-refractivity contribution >= 4 is 0 Å². The van der Waals surface area contributed by atoms with Gasteiger partial charge < -0.3 is 0 Å². The third kappa shape index (κ3) is 41.7. The maximum Gasteiger partial charge on any atom is -0.0286 e. The Morgan fingerprint density at radius 1 is 1.00 bits per heavy atom. The molecule has 0 nitrogen and oxygen atoms in total. The van der Waals surface area contributed by atoms with Crippen molar-refractivity contribution in [2.45, 2.75) is 59.8 Å². The van der Waals surface area contributed by atoms with Crippen LogP contribution in [0.15, 0.2) is 12.2 Å². The topological polar surface area (TPSA) is 0 Å². The van der Waals surface area contributed by atoms with Crippen LogP contribution in [0.25, 0.3) is 0 Å². The maximum atomic E-state index is 3.67. The molecule has 1 rings (SSSR count). The van der Waals surface area contributed by atoms with Crippen LogP contribution in [0.2, 0.25) is 0 Å². The van der Waals surface area contributed by atoms with Crippen LogP contribution >= 0.6 is 0 Å². The predicted molar refractivity (Wildman–Crippen MR) is 54.9 cm³/mol. The van der Waals surface area contributed by atoms with E-state index in [1.54, 1.807) is 0 Å². The Labute approximate surface area is 72.7 Å². The molecule has 68 valence electrons. The summed E-state index contributed by atoms with van der Waals surface area (Å²) in [5, 5.41) is 0. The van der Waals surface area contributed by atoms with Gasteiger partial charge in [0.15, 0.2) is 0 Å². The standard InChI is InChI=1S/C4H6.C4H10.C3H8/c1-4-2-3-4;1-3-4-2;1-3-2/h1-3H2;3-4H2,1-2H3;3H2,1-2H3. The number of allylic oxidation sites excluding steroid dienone is 1. The predicted octanol–water partition coefficient (Wildman–Crippen LogP) is 4.56. The molecule has 0 aromatic carbocycles. The summed E-state index contributed by atoms with van der Waals surface area (Å²) in [5.74, 6) is 0. The van der Waals surface area contributed by atoms with Gasteiger partial charge in [-0.2, -0.15) is 0 Å². The van der Waals surface area contributed by atoms with Crippen molar-refractivity contribution in [3.63, 3.8) is 0 Å². The van der Waals surface area contributed by atoms with Gasteiger partial charge in [0.05, 0.1) is 0 Å². The molecule has 0 aromatic heterocycles. The molecule has 0 unspecified atom stereocenters. The minimum absolute atomic E-state index is 1.25. The normalized spacial score (nSPS) is 12.2. The van der Waals surface area contributed by atoms with E-state index in [9.17, 15) is 0 Å². The highest BCUT2D eigenvalue weighted by atomic mass is 14.1. The molecule has 0 heterocycles. The molecule has 0 N–H and O–H groups in total. The van der Waals surface area contributed by atoms with E-state index < -0.39 is 0 Å². The lowest BCUT2D eigenvalue weighted by atomic mass is 10.4. The summed E-state index contributed by atoms with van der Waals surface area (Å²) < 4.78 is 0. The number of rotatable bonds is 1. The molecule has 0 amide bonds. The summed E-state index contributed by atoms with van der Waals surface area (Å²) in [6.45, 7) is 12.3. The van der Waals surface area contributed by atoms with Crippen molar-refractivity contribution in [1.29, 1.82) is 0 Å². The molecule has 0 heteroatoms. The molecule has 0 saturated heterocycles. The van der Waals surface area contributed by atoms with E-state index >= 15 is 0 Å². The van der Waals surface area contributed by atoms with Crippen molar-refractivity contribution in [3.05, 3.63) is 12.2 Å². The summed E-state index contributed by atoms with van der Waals surface area (Å²) in [6.07, 6.45) is 6.47. The minimum atomic E-state index is 1.25. The van der Waals surface area contributed by atoms with Gasteiger partial charge in [0.1, 0.15) is 0 Å². The van der Waals surface area contributed by atoms with Gasteiger partial charge in [-0.3, -0.25) is 0 Å². The Morgan fingerprint density at radius 3 is 1.18 bits per heavy atom. The quantitative estimate of drug-likeness (QED) is 0.488. The molecule has 0 atom stereocenters. The van der Waals surface area contributed by atoms with E-state index in [1.807, 2.05) is 0 Å². The molecular weight excluding hydrogens is 132 g/mol. The fourth-order valence-corrected chi connectivity index (χ4v) is 0.0884. The first-order chi connectivity index (χ1) is 5.22. The summed E-state index contributed by atoms with van der Waals surface area (Å²) in [5.41, 5.74) is 1.42. The first-order valence-electron chi connectivity index (χ1n) is 4.89. The molecule has 1 fully saturated rings. The van der Waals surface area contributed by atoms with Gasteiger partial charge in [0, 0.05) is 0 Å². The van der Waals surface area contributed by atoms with Gasteiger partial charge in [-0.05, 0) is 12.8 Å². The van der Waals surface area contributed by atoms with Gasteiger partial charge in [0.2, 0.25) is 0 Å². The van der Waals surface area contributed by atoms with Crippen LogP contribution in [-0.2, 0) is 0 Å². The van der Waals surface area contributed by atoms with Crippen LogP contribution in [-0.4, -0.2) is 0 Å². The average molecular weight is 156 g/mol. The first kappa shape index (κ1) is 13.3. The molecule has 1 saturated carbocycles. The zero-order chi connectivity index (χ0) is 9.11. The molecule has 0 aromatic rings. The van der Waals surface area contributed by atoms with E-state index in [0.29, 0.717) is 0 Å². The number of unbranched alkanes of at least 4 members (excludes halogenated alkanes) is 1. The largest absolute Gasteiger partial charge is 0.0998 e. The molecule has 0 bridgehead atoms. The molecule has 1 aliphatic carbocycles. The highest BCUT2D eigenvalue weighted by molar-refractivity contribution is 5.09. The van der Waals surface area contributed by atoms with Crippen LogP contribution in [0.1, 0.15) is 59.8 Å². The first-order valence-corrected chi connectivity index (χ1v) is 4.89. The third-order valence-corrected chi connectivity index (χ3v) is 1.10. The molecule has 0 aliphatic heterocycles. The van der Waals surface area contributed by atoms with Gasteiger partial charge >= 0.3 is 0 Å². The Hall–Kier alpha value is -0.260. The highest BCUT2D eigenvalue weighted by Gasteiger charge is 2.04. The van der Waals surface area contributed by atoms with Crippen LogP contribution in [0.5, 0.6) is 0 Å². The Kier molecular flexibility index (Phi) is 15.1. The van der Waals surface area contributed by atoms with Crippen molar-refractivity contribution in [2.24, 2.45) is 0 Å². The molecule has 1 aliphatic rings. The van der Waals surface area contributed by atoms with E-state index in [1.165, 1.54) is 37.7 Å². The second-order valence-electron chi connectivity index (χ2n) is 2.96. The smallest absolute Gasteiger partial charge is 0.0286 e. The summed E-state index contributed by atoms with van der Waals surface area (Å²) in [7, 11) is 0. The SMILES string of the molecule is C=C1CC1.CCC.CCCC. The van der Waals surface area contributed by atoms with Crippen molar-refractivity contribution in [1.82, 2.24) is 0 Å². The Morgan fingerprint density at radius 2 is 1.18 bits per heavy atom. The van der Waals surface area contributed by atoms with Crippen molar-refractivity contribution in [2.75, 3.05) is 0 Å². The zero-order valence-corrected chi connectivity index (χ0v) is 8.74. The number of hydrogen-bond donors (Lipinski definition) is 0. The van der Waals surface area contributed by atoms with Gasteiger partial charge in [-0.1, -0.05) is 59.1 Å². The molecule has 0 spiro atoms. The van der Waals surface area contributed by atoms with Crippen LogP contribution in [0.3, 0.4) is 0 Å². The Bertz CT molecular complexity index is 64.1. The van der Waals surface area contributed by atoms with E-state index in [-0.39, 0.29) is 0 Å². The van der Waals surface area contributed by atoms with E-state index in [4.69, 9.17) is 0 Å². The lowest BCUT2D eigenvalue weighted by Gasteiger charge is -1.68. The highest BCUT2D eigenvalue weighted by Crippen LogP contribution is 2.23. The molecule has 0 radical (unpaired) electrons. The van der Waals surface area contributed by atoms with Gasteiger partial charge in [0.25, 0.3) is 0 Å². The van der Waals surface area contributed by atoms with E-state index in [0.717, 1.165) is 0 Å². The van der Waals surface area contributed by atoms with Crippen LogP contribution in [0, 0.1) is 0 Å². The van der Waals surface area contributed by atoms with Gasteiger partial charge in [-0.25, -0.2) is 0 Å². The molecular formula is C11H24. The second-order valence-corrected chi connectivity index (χ2v) is 2.96. The zero-order valence-electron chi connectivity index (χ0n) is 8.74. The van der Waals surface area contributed by atoms with Crippen LogP contribution in [0.4, 0.5) is 0 Å². The monoisotopic (exact) mass is 156 g/mol. The lowest BCUT2D eigenvalue weighted by molar-refractivity contribution is 0.886. The average Bonchev–Trinajstić information content (AvgIpc) is 2.74. The minimum Gasteiger partial charge on any atom is -0.0998 e. The van der Waals surface area contributed by atoms with Crippen molar-refractivity contribution < 1.29 is 0 Å². The van der Waals surface area contributed by atoms with Crippen molar-refractivity contribution in [3.8, 4) is 0 Å².